The summed E-state index contributed by atoms with van der Waals surface area (Å²) in [6, 6.07) is 8.13. The summed E-state index contributed by atoms with van der Waals surface area (Å²) in [7, 11) is 0. The first kappa shape index (κ1) is 20.7. The van der Waals surface area contributed by atoms with Crippen LogP contribution in [0.15, 0.2) is 24.3 Å². The summed E-state index contributed by atoms with van der Waals surface area (Å²) >= 11 is 5.88. The molecule has 0 aliphatic carbocycles. The SMILES string of the molecule is Cc1c(C(=O)NCCCc2ccc(Cl)cc2)nnn1C1CCNCC1.Cl. The molecule has 0 unspecified atom stereocenters. The van der Waals surface area contributed by atoms with Gasteiger partial charge in [0.1, 0.15) is 0 Å². The molecule has 6 nitrogen and oxygen atoms in total. The molecule has 1 fully saturated rings. The van der Waals surface area contributed by atoms with Crippen molar-refractivity contribution in [1.29, 1.82) is 0 Å². The first-order valence-corrected chi connectivity index (χ1v) is 9.18. The van der Waals surface area contributed by atoms with Crippen molar-refractivity contribution in [2.75, 3.05) is 19.6 Å². The first-order valence-electron chi connectivity index (χ1n) is 8.80. The smallest absolute Gasteiger partial charge is 0.273 e. The number of carbonyl (C=O) groups excluding carboxylic acids is 1. The van der Waals surface area contributed by atoms with Crippen molar-refractivity contribution in [2.24, 2.45) is 0 Å². The van der Waals surface area contributed by atoms with Gasteiger partial charge in [-0.25, -0.2) is 4.68 Å². The highest BCUT2D eigenvalue weighted by Gasteiger charge is 2.22. The molecule has 3 rings (SSSR count). The number of halogens is 2. The Hall–Kier alpha value is -1.63. The average molecular weight is 398 g/mol. The summed E-state index contributed by atoms with van der Waals surface area (Å²) in [5, 5.41) is 15.3. The highest BCUT2D eigenvalue weighted by molar-refractivity contribution is 6.30. The lowest BCUT2D eigenvalue weighted by Crippen LogP contribution is -2.30. The van der Waals surface area contributed by atoms with Crippen LogP contribution in [-0.2, 0) is 6.42 Å². The molecular formula is C18H25Cl2N5O. The quantitative estimate of drug-likeness (QED) is 0.734. The molecule has 142 valence electrons. The molecule has 8 heteroatoms. The van der Waals surface area contributed by atoms with Gasteiger partial charge in [-0.1, -0.05) is 28.9 Å². The van der Waals surface area contributed by atoms with Crippen LogP contribution in [0.1, 0.15) is 47.1 Å². The van der Waals surface area contributed by atoms with Gasteiger partial charge in [-0.3, -0.25) is 4.79 Å². The summed E-state index contributed by atoms with van der Waals surface area (Å²) in [5.41, 5.74) is 2.50. The highest BCUT2D eigenvalue weighted by atomic mass is 35.5. The lowest BCUT2D eigenvalue weighted by Gasteiger charge is -2.23. The minimum Gasteiger partial charge on any atom is -0.351 e. The number of rotatable bonds is 6. The van der Waals surface area contributed by atoms with Crippen LogP contribution < -0.4 is 10.6 Å². The summed E-state index contributed by atoms with van der Waals surface area (Å²) in [5.74, 6) is -0.145. The second-order valence-corrected chi connectivity index (χ2v) is 6.87. The van der Waals surface area contributed by atoms with E-state index in [1.807, 2.05) is 35.9 Å². The Bertz CT molecular complexity index is 711. The molecule has 1 saturated heterocycles. The second kappa shape index (κ2) is 9.90. The number of aromatic nitrogens is 3. The van der Waals surface area contributed by atoms with Crippen LogP contribution in [0, 0.1) is 6.92 Å². The van der Waals surface area contributed by atoms with Crippen LogP contribution in [0.2, 0.25) is 5.02 Å². The number of nitrogens with one attached hydrogen (secondary N) is 2. The van der Waals surface area contributed by atoms with E-state index in [0.717, 1.165) is 49.5 Å². The number of hydrogen-bond donors (Lipinski definition) is 2. The summed E-state index contributed by atoms with van der Waals surface area (Å²) < 4.78 is 1.91. The maximum absolute atomic E-state index is 12.4. The monoisotopic (exact) mass is 397 g/mol. The topological polar surface area (TPSA) is 71.8 Å². The Kier molecular flexibility index (Phi) is 7.87. The first-order chi connectivity index (χ1) is 12.1. The zero-order valence-electron chi connectivity index (χ0n) is 14.9. The Labute approximate surface area is 165 Å². The maximum atomic E-state index is 12.4. The normalized spacial score (nSPS) is 14.7. The average Bonchev–Trinajstić information content (AvgIpc) is 3.02. The Morgan fingerprint density at radius 3 is 2.69 bits per heavy atom. The van der Waals surface area contributed by atoms with E-state index in [-0.39, 0.29) is 18.3 Å². The third kappa shape index (κ3) is 5.19. The number of amides is 1. The molecule has 1 aromatic heterocycles. The molecule has 1 aliphatic heterocycles. The van der Waals surface area contributed by atoms with Gasteiger partial charge in [0.15, 0.2) is 5.69 Å². The van der Waals surface area contributed by atoms with Crippen LogP contribution in [0.4, 0.5) is 0 Å². The van der Waals surface area contributed by atoms with Crippen LogP contribution in [0.5, 0.6) is 0 Å². The maximum Gasteiger partial charge on any atom is 0.273 e. The van der Waals surface area contributed by atoms with Gasteiger partial charge < -0.3 is 10.6 Å². The summed E-state index contributed by atoms with van der Waals surface area (Å²) in [6.07, 6.45) is 3.81. The van der Waals surface area contributed by atoms with Crippen molar-refractivity contribution in [3.63, 3.8) is 0 Å². The molecule has 0 radical (unpaired) electrons. The zero-order chi connectivity index (χ0) is 17.6. The largest absolute Gasteiger partial charge is 0.351 e. The number of aryl methyl sites for hydroxylation is 1. The van der Waals surface area contributed by atoms with Crippen molar-refractivity contribution in [3.05, 3.63) is 46.2 Å². The molecule has 0 atom stereocenters. The third-order valence-electron chi connectivity index (χ3n) is 4.64. The molecule has 0 bridgehead atoms. The molecule has 1 amide bonds. The number of piperidine rings is 1. The van der Waals surface area contributed by atoms with Crippen LogP contribution in [0.25, 0.3) is 0 Å². The van der Waals surface area contributed by atoms with Crippen molar-refractivity contribution >= 4 is 29.9 Å². The number of hydrogen-bond acceptors (Lipinski definition) is 4. The lowest BCUT2D eigenvalue weighted by molar-refractivity contribution is 0.0947. The standard InChI is InChI=1S/C18H24ClN5O.ClH/c1-13-17(22-23-24(13)16-8-11-20-12-9-16)18(25)21-10-2-3-14-4-6-15(19)7-5-14;/h4-7,16,20H,2-3,8-12H2,1H3,(H,21,25);1H. The fourth-order valence-electron chi connectivity index (χ4n) is 3.18. The fraction of sp³-hybridized carbons (Fsp3) is 0.500. The van der Waals surface area contributed by atoms with E-state index < -0.39 is 0 Å². The van der Waals surface area contributed by atoms with E-state index in [0.29, 0.717) is 18.3 Å². The van der Waals surface area contributed by atoms with Crippen molar-refractivity contribution in [2.45, 2.75) is 38.6 Å². The second-order valence-electron chi connectivity index (χ2n) is 6.44. The molecule has 2 heterocycles. The van der Waals surface area contributed by atoms with Gasteiger partial charge in [0.05, 0.1) is 11.7 Å². The van der Waals surface area contributed by atoms with Gasteiger partial charge in [-0.05, 0) is 63.4 Å². The van der Waals surface area contributed by atoms with Crippen LogP contribution >= 0.6 is 24.0 Å². The van der Waals surface area contributed by atoms with E-state index in [1.165, 1.54) is 5.56 Å². The van der Waals surface area contributed by atoms with Crippen molar-refractivity contribution in [3.8, 4) is 0 Å². The van der Waals surface area contributed by atoms with Gasteiger partial charge in [-0.2, -0.15) is 0 Å². The lowest BCUT2D eigenvalue weighted by atomic mass is 10.1. The molecule has 0 saturated carbocycles. The number of nitrogens with zero attached hydrogens (tertiary/aromatic N) is 3. The molecule has 2 aromatic rings. The van der Waals surface area contributed by atoms with Gasteiger partial charge in [0.25, 0.3) is 5.91 Å². The Morgan fingerprint density at radius 2 is 2.00 bits per heavy atom. The van der Waals surface area contributed by atoms with Gasteiger partial charge in [0, 0.05) is 11.6 Å². The Balaban J connectivity index is 0.00000243. The number of benzene rings is 1. The van der Waals surface area contributed by atoms with Crippen molar-refractivity contribution < 1.29 is 4.79 Å². The molecule has 26 heavy (non-hydrogen) atoms. The third-order valence-corrected chi connectivity index (χ3v) is 4.89. The van der Waals surface area contributed by atoms with E-state index in [4.69, 9.17) is 11.6 Å². The van der Waals surface area contributed by atoms with E-state index in [2.05, 4.69) is 20.9 Å². The number of carbonyl (C=O) groups is 1. The molecule has 0 spiro atoms. The molecule has 1 aromatic carbocycles. The molecule has 2 N–H and O–H groups in total. The van der Waals surface area contributed by atoms with Crippen LogP contribution in [-0.4, -0.2) is 40.5 Å². The van der Waals surface area contributed by atoms with Gasteiger partial charge >= 0.3 is 0 Å². The Morgan fingerprint density at radius 1 is 1.31 bits per heavy atom. The van der Waals surface area contributed by atoms with Gasteiger partial charge in [0.2, 0.25) is 0 Å². The minimum absolute atomic E-state index is 0. The predicted molar refractivity (Wildman–Crippen MR) is 105 cm³/mol. The van der Waals surface area contributed by atoms with Gasteiger partial charge in [-0.15, -0.1) is 17.5 Å². The van der Waals surface area contributed by atoms with E-state index >= 15 is 0 Å². The zero-order valence-corrected chi connectivity index (χ0v) is 16.4. The predicted octanol–water partition coefficient (Wildman–Crippen LogP) is 2.95. The molecular weight excluding hydrogens is 373 g/mol. The molecule has 1 aliphatic rings. The summed E-state index contributed by atoms with van der Waals surface area (Å²) in [6.45, 7) is 4.50. The van der Waals surface area contributed by atoms with Crippen molar-refractivity contribution in [1.82, 2.24) is 25.6 Å². The fourth-order valence-corrected chi connectivity index (χ4v) is 3.30. The van der Waals surface area contributed by atoms with E-state index in [9.17, 15) is 4.79 Å². The van der Waals surface area contributed by atoms with Crippen LogP contribution in [0.3, 0.4) is 0 Å². The van der Waals surface area contributed by atoms with E-state index in [1.54, 1.807) is 0 Å². The minimum atomic E-state index is -0.145. The summed E-state index contributed by atoms with van der Waals surface area (Å²) in [4.78, 5) is 12.4. The highest BCUT2D eigenvalue weighted by Crippen LogP contribution is 2.20.